The van der Waals surface area contributed by atoms with Gasteiger partial charge in [0.15, 0.2) is 0 Å². The number of amides is 1. The Bertz CT molecular complexity index is 496. The topological polar surface area (TPSA) is 66.5 Å². The van der Waals surface area contributed by atoms with Gasteiger partial charge in [0.1, 0.15) is 0 Å². The molecule has 2 fully saturated rings. The van der Waals surface area contributed by atoms with Crippen LogP contribution in [0, 0.1) is 17.3 Å². The summed E-state index contributed by atoms with van der Waals surface area (Å²) in [6, 6.07) is 0. The lowest BCUT2D eigenvalue weighted by molar-refractivity contribution is -0.123. The van der Waals surface area contributed by atoms with E-state index < -0.39 is 10.0 Å². The van der Waals surface area contributed by atoms with Gasteiger partial charge in [-0.15, -0.1) is 0 Å². The first-order chi connectivity index (χ1) is 10.2. The summed E-state index contributed by atoms with van der Waals surface area (Å²) in [6.07, 6.45) is 5.46. The predicted molar refractivity (Wildman–Crippen MR) is 87.9 cm³/mol. The van der Waals surface area contributed by atoms with Crippen molar-refractivity contribution in [1.29, 1.82) is 0 Å². The van der Waals surface area contributed by atoms with Crippen LogP contribution in [0.15, 0.2) is 0 Å². The molecule has 1 heterocycles. The highest BCUT2D eigenvalue weighted by Crippen LogP contribution is 2.42. The van der Waals surface area contributed by atoms with Gasteiger partial charge in [0.2, 0.25) is 15.9 Å². The second-order valence-corrected chi connectivity index (χ2v) is 9.78. The zero-order valence-corrected chi connectivity index (χ0v) is 14.9. The van der Waals surface area contributed by atoms with Crippen molar-refractivity contribution < 1.29 is 13.2 Å². The van der Waals surface area contributed by atoms with Crippen molar-refractivity contribution in [3.63, 3.8) is 0 Å². The number of hydrogen-bond donors (Lipinski definition) is 1. The number of nitrogens with zero attached hydrogens (tertiary/aromatic N) is 1. The smallest absolute Gasteiger partial charge is 0.220 e. The van der Waals surface area contributed by atoms with Gasteiger partial charge >= 0.3 is 0 Å². The van der Waals surface area contributed by atoms with Gasteiger partial charge in [0, 0.05) is 32.0 Å². The van der Waals surface area contributed by atoms with Crippen molar-refractivity contribution in [3.05, 3.63) is 0 Å². The van der Waals surface area contributed by atoms with E-state index >= 15 is 0 Å². The quantitative estimate of drug-likeness (QED) is 0.810. The van der Waals surface area contributed by atoms with E-state index in [2.05, 4.69) is 19.2 Å². The molecule has 1 atom stereocenters. The minimum Gasteiger partial charge on any atom is -0.356 e. The molecule has 22 heavy (non-hydrogen) atoms. The molecule has 6 heteroatoms. The third-order valence-corrected chi connectivity index (χ3v) is 7.24. The van der Waals surface area contributed by atoms with Crippen LogP contribution < -0.4 is 5.32 Å². The van der Waals surface area contributed by atoms with E-state index in [1.54, 1.807) is 6.92 Å². The summed E-state index contributed by atoms with van der Waals surface area (Å²) >= 11 is 0. The summed E-state index contributed by atoms with van der Waals surface area (Å²) < 4.78 is 24.8. The maximum atomic E-state index is 12.1. The van der Waals surface area contributed by atoms with Crippen LogP contribution in [0.2, 0.25) is 0 Å². The Balaban J connectivity index is 1.69. The van der Waals surface area contributed by atoms with E-state index in [1.807, 2.05) is 0 Å². The Morgan fingerprint density at radius 2 is 1.95 bits per heavy atom. The fourth-order valence-electron chi connectivity index (χ4n) is 3.56. The largest absolute Gasteiger partial charge is 0.356 e. The fraction of sp³-hybridized carbons (Fsp3) is 0.938. The van der Waals surface area contributed by atoms with Crippen molar-refractivity contribution in [1.82, 2.24) is 9.62 Å². The third-order valence-electron chi connectivity index (χ3n) is 5.43. The average Bonchev–Trinajstić information content (AvgIpc) is 2.39. The fourth-order valence-corrected chi connectivity index (χ4v) is 4.80. The standard InChI is InChI=1S/C16H30N2O3S/c1-4-22(20,21)18-11-13(12-18)10-17-15(19)9-14-7-5-6-8-16(14,2)3/h13-14H,4-12H2,1-3H3,(H,17,19). The van der Waals surface area contributed by atoms with Gasteiger partial charge in [0.25, 0.3) is 0 Å². The molecule has 1 aliphatic carbocycles. The van der Waals surface area contributed by atoms with Crippen LogP contribution in [0.4, 0.5) is 0 Å². The van der Waals surface area contributed by atoms with Gasteiger partial charge in [-0.1, -0.05) is 26.7 Å². The maximum Gasteiger partial charge on any atom is 0.220 e. The molecule has 1 saturated heterocycles. The van der Waals surface area contributed by atoms with Crippen molar-refractivity contribution in [2.75, 3.05) is 25.4 Å². The van der Waals surface area contributed by atoms with Crippen LogP contribution in [0.5, 0.6) is 0 Å². The number of rotatable bonds is 6. The Labute approximate surface area is 134 Å². The minimum atomic E-state index is -3.05. The highest BCUT2D eigenvalue weighted by molar-refractivity contribution is 7.89. The molecule has 1 aliphatic heterocycles. The van der Waals surface area contributed by atoms with E-state index in [-0.39, 0.29) is 23.0 Å². The van der Waals surface area contributed by atoms with Crippen LogP contribution in [0.3, 0.4) is 0 Å². The number of carbonyl (C=O) groups is 1. The SMILES string of the molecule is CCS(=O)(=O)N1CC(CNC(=O)CC2CCCCC2(C)C)C1. The molecule has 1 saturated carbocycles. The molecule has 1 amide bonds. The molecular formula is C16H30N2O3S. The molecule has 128 valence electrons. The highest BCUT2D eigenvalue weighted by atomic mass is 32.2. The summed E-state index contributed by atoms with van der Waals surface area (Å²) in [4.78, 5) is 12.1. The molecule has 1 unspecified atom stereocenters. The van der Waals surface area contributed by atoms with Crippen molar-refractivity contribution in [2.45, 2.75) is 52.9 Å². The number of hydrogen-bond acceptors (Lipinski definition) is 3. The molecule has 0 aromatic heterocycles. The van der Waals surface area contributed by atoms with Crippen LogP contribution in [-0.4, -0.2) is 44.0 Å². The summed E-state index contributed by atoms with van der Waals surface area (Å²) in [5.74, 6) is 1.02. The van der Waals surface area contributed by atoms with Crippen molar-refractivity contribution in [2.24, 2.45) is 17.3 Å². The lowest BCUT2D eigenvalue weighted by Crippen LogP contribution is -2.54. The zero-order valence-electron chi connectivity index (χ0n) is 14.1. The molecule has 2 aliphatic rings. The Morgan fingerprint density at radius 3 is 2.55 bits per heavy atom. The van der Waals surface area contributed by atoms with Crippen LogP contribution in [0.25, 0.3) is 0 Å². The van der Waals surface area contributed by atoms with Crippen molar-refractivity contribution >= 4 is 15.9 Å². The molecule has 0 spiro atoms. The molecule has 0 aromatic rings. The normalized spacial score (nSPS) is 26.4. The number of carbonyl (C=O) groups excluding carboxylic acids is 1. The van der Waals surface area contributed by atoms with E-state index in [0.717, 1.165) is 6.42 Å². The van der Waals surface area contributed by atoms with E-state index in [0.29, 0.717) is 32.0 Å². The summed E-state index contributed by atoms with van der Waals surface area (Å²) in [5.41, 5.74) is 0.262. The van der Waals surface area contributed by atoms with E-state index in [9.17, 15) is 13.2 Å². The molecule has 0 bridgehead atoms. The van der Waals surface area contributed by atoms with Gasteiger partial charge in [-0.2, -0.15) is 0 Å². The molecule has 2 rings (SSSR count). The molecule has 5 nitrogen and oxygen atoms in total. The first kappa shape index (κ1) is 17.7. The van der Waals surface area contributed by atoms with Crippen LogP contribution in [0.1, 0.15) is 52.9 Å². The summed E-state index contributed by atoms with van der Waals surface area (Å²) in [5, 5.41) is 3.00. The Kier molecular flexibility index (Phi) is 5.54. The molecule has 0 radical (unpaired) electrons. The third kappa shape index (κ3) is 4.22. The molecule has 0 aromatic carbocycles. The average molecular weight is 330 g/mol. The van der Waals surface area contributed by atoms with E-state index in [4.69, 9.17) is 0 Å². The number of sulfonamides is 1. The second kappa shape index (κ2) is 6.87. The molecular weight excluding hydrogens is 300 g/mol. The Morgan fingerprint density at radius 1 is 1.27 bits per heavy atom. The lowest BCUT2D eigenvalue weighted by Gasteiger charge is -2.39. The Hall–Kier alpha value is -0.620. The lowest BCUT2D eigenvalue weighted by atomic mass is 9.67. The maximum absolute atomic E-state index is 12.1. The minimum absolute atomic E-state index is 0.122. The molecule has 1 N–H and O–H groups in total. The summed E-state index contributed by atoms with van der Waals surface area (Å²) in [6.45, 7) is 7.89. The highest BCUT2D eigenvalue weighted by Gasteiger charge is 2.36. The summed E-state index contributed by atoms with van der Waals surface area (Å²) in [7, 11) is -3.05. The van der Waals surface area contributed by atoms with Crippen molar-refractivity contribution in [3.8, 4) is 0 Å². The van der Waals surface area contributed by atoms with Crippen LogP contribution in [-0.2, 0) is 14.8 Å². The first-order valence-electron chi connectivity index (χ1n) is 8.49. The van der Waals surface area contributed by atoms with E-state index in [1.165, 1.54) is 23.6 Å². The predicted octanol–water partition coefficient (Wildman–Crippen LogP) is 1.99. The van der Waals surface area contributed by atoms with Gasteiger partial charge in [-0.25, -0.2) is 12.7 Å². The first-order valence-corrected chi connectivity index (χ1v) is 10.1. The van der Waals surface area contributed by atoms with Gasteiger partial charge in [0.05, 0.1) is 5.75 Å². The second-order valence-electron chi connectivity index (χ2n) is 7.52. The van der Waals surface area contributed by atoms with Gasteiger partial charge < -0.3 is 5.32 Å². The monoisotopic (exact) mass is 330 g/mol. The van der Waals surface area contributed by atoms with Gasteiger partial charge in [-0.3, -0.25) is 4.79 Å². The van der Waals surface area contributed by atoms with Crippen LogP contribution >= 0.6 is 0 Å². The number of nitrogens with one attached hydrogen (secondary N) is 1. The zero-order chi connectivity index (χ0) is 16.4. The van der Waals surface area contributed by atoms with Gasteiger partial charge in [-0.05, 0) is 31.1 Å².